The molecule has 0 aromatic heterocycles. The van der Waals surface area contributed by atoms with E-state index in [1.54, 1.807) is 0 Å². The van der Waals surface area contributed by atoms with Gasteiger partial charge in [-0.15, -0.1) is 0 Å². The van der Waals surface area contributed by atoms with Gasteiger partial charge in [0, 0.05) is 25.2 Å². The number of aliphatic hydroxyl groups excluding tert-OH is 1. The van der Waals surface area contributed by atoms with Crippen LogP contribution >= 0.6 is 0 Å². The SMILES string of the molecule is CCC(C)(CNC1CC1)CN1CCCCCC1CO. The van der Waals surface area contributed by atoms with E-state index in [0.717, 1.165) is 19.1 Å². The molecule has 0 aromatic rings. The summed E-state index contributed by atoms with van der Waals surface area (Å²) in [5, 5.41) is 13.3. The average molecular weight is 268 g/mol. The van der Waals surface area contributed by atoms with Crippen LogP contribution in [-0.2, 0) is 0 Å². The topological polar surface area (TPSA) is 35.5 Å². The van der Waals surface area contributed by atoms with Gasteiger partial charge in [-0.3, -0.25) is 4.90 Å². The van der Waals surface area contributed by atoms with E-state index >= 15 is 0 Å². The average Bonchev–Trinajstić information content (AvgIpc) is 3.24. The number of likely N-dealkylation sites (tertiary alicyclic amines) is 1. The summed E-state index contributed by atoms with van der Waals surface area (Å²) in [5.41, 5.74) is 0.348. The second-order valence-corrected chi connectivity index (χ2v) is 6.98. The molecule has 0 radical (unpaired) electrons. The summed E-state index contributed by atoms with van der Waals surface area (Å²) in [4.78, 5) is 2.56. The van der Waals surface area contributed by atoms with Gasteiger partial charge in [-0.1, -0.05) is 26.7 Å². The maximum absolute atomic E-state index is 9.63. The van der Waals surface area contributed by atoms with E-state index in [4.69, 9.17) is 0 Å². The van der Waals surface area contributed by atoms with Gasteiger partial charge in [0.2, 0.25) is 0 Å². The first-order valence-electron chi connectivity index (χ1n) is 8.25. The van der Waals surface area contributed by atoms with Crippen molar-refractivity contribution in [1.29, 1.82) is 0 Å². The molecule has 0 spiro atoms. The van der Waals surface area contributed by atoms with Crippen LogP contribution in [0.3, 0.4) is 0 Å². The summed E-state index contributed by atoms with van der Waals surface area (Å²) in [6, 6.07) is 1.19. The Balaban J connectivity index is 1.89. The highest BCUT2D eigenvalue weighted by atomic mass is 16.3. The molecule has 1 saturated heterocycles. The fourth-order valence-corrected chi connectivity index (χ4v) is 3.11. The van der Waals surface area contributed by atoms with Crippen LogP contribution in [0.5, 0.6) is 0 Å². The molecule has 1 aliphatic heterocycles. The molecule has 2 fully saturated rings. The minimum Gasteiger partial charge on any atom is -0.395 e. The van der Waals surface area contributed by atoms with Gasteiger partial charge in [0.1, 0.15) is 0 Å². The van der Waals surface area contributed by atoms with Crippen molar-refractivity contribution in [3.8, 4) is 0 Å². The molecule has 112 valence electrons. The Bertz CT molecular complexity index is 267. The van der Waals surface area contributed by atoms with E-state index in [0.29, 0.717) is 18.1 Å². The van der Waals surface area contributed by atoms with Crippen LogP contribution < -0.4 is 5.32 Å². The number of rotatable bonds is 7. The van der Waals surface area contributed by atoms with Crippen molar-refractivity contribution in [3.05, 3.63) is 0 Å². The molecule has 1 aliphatic carbocycles. The van der Waals surface area contributed by atoms with E-state index in [9.17, 15) is 5.11 Å². The molecule has 1 saturated carbocycles. The fourth-order valence-electron chi connectivity index (χ4n) is 3.11. The van der Waals surface area contributed by atoms with Gasteiger partial charge in [0.25, 0.3) is 0 Å². The first kappa shape index (κ1) is 15.3. The van der Waals surface area contributed by atoms with E-state index in [-0.39, 0.29) is 0 Å². The molecule has 0 amide bonds. The van der Waals surface area contributed by atoms with Crippen molar-refractivity contribution in [2.24, 2.45) is 5.41 Å². The number of hydrogen-bond donors (Lipinski definition) is 2. The summed E-state index contributed by atoms with van der Waals surface area (Å²) in [6.07, 6.45) is 9.02. The number of aliphatic hydroxyl groups is 1. The zero-order valence-corrected chi connectivity index (χ0v) is 12.8. The molecule has 2 aliphatic rings. The third-order valence-corrected chi connectivity index (χ3v) is 5.04. The molecular formula is C16H32N2O. The van der Waals surface area contributed by atoms with E-state index in [1.165, 1.54) is 51.5 Å². The minimum absolute atomic E-state index is 0.329. The van der Waals surface area contributed by atoms with Crippen LogP contribution in [0.2, 0.25) is 0 Å². The molecule has 0 aromatic carbocycles. The predicted molar refractivity (Wildman–Crippen MR) is 80.3 cm³/mol. The standard InChI is InChI=1S/C16H32N2O/c1-3-16(2,12-17-14-8-9-14)13-18-10-6-4-5-7-15(18)11-19/h14-15,17,19H,3-13H2,1-2H3. The number of nitrogens with one attached hydrogen (secondary N) is 1. The van der Waals surface area contributed by atoms with Crippen LogP contribution in [0.1, 0.15) is 58.8 Å². The van der Waals surface area contributed by atoms with Gasteiger partial charge < -0.3 is 10.4 Å². The number of nitrogens with zero attached hydrogens (tertiary/aromatic N) is 1. The highest BCUT2D eigenvalue weighted by molar-refractivity contribution is 4.88. The monoisotopic (exact) mass is 268 g/mol. The van der Waals surface area contributed by atoms with Crippen LogP contribution in [0.15, 0.2) is 0 Å². The summed E-state index contributed by atoms with van der Waals surface area (Å²) in [5.74, 6) is 0. The second kappa shape index (κ2) is 7.05. The molecule has 3 heteroatoms. The van der Waals surface area contributed by atoms with E-state index in [2.05, 4.69) is 24.1 Å². The van der Waals surface area contributed by atoms with E-state index < -0.39 is 0 Å². The third-order valence-electron chi connectivity index (χ3n) is 5.04. The Morgan fingerprint density at radius 3 is 2.63 bits per heavy atom. The van der Waals surface area contributed by atoms with Gasteiger partial charge in [-0.05, 0) is 44.1 Å². The fraction of sp³-hybridized carbons (Fsp3) is 1.00. The zero-order chi connectivity index (χ0) is 13.7. The van der Waals surface area contributed by atoms with Gasteiger partial charge >= 0.3 is 0 Å². The Hall–Kier alpha value is -0.120. The van der Waals surface area contributed by atoms with Gasteiger partial charge in [0.05, 0.1) is 6.61 Å². The number of hydrogen-bond acceptors (Lipinski definition) is 3. The van der Waals surface area contributed by atoms with Crippen LogP contribution in [0, 0.1) is 5.41 Å². The van der Waals surface area contributed by atoms with Crippen molar-refractivity contribution in [1.82, 2.24) is 10.2 Å². The highest BCUT2D eigenvalue weighted by Crippen LogP contribution is 2.28. The molecule has 1 heterocycles. The van der Waals surface area contributed by atoms with Crippen molar-refractivity contribution < 1.29 is 5.11 Å². The lowest BCUT2D eigenvalue weighted by molar-refractivity contribution is 0.0777. The summed E-state index contributed by atoms with van der Waals surface area (Å²) >= 11 is 0. The van der Waals surface area contributed by atoms with Crippen LogP contribution in [0.4, 0.5) is 0 Å². The lowest BCUT2D eigenvalue weighted by Gasteiger charge is -2.38. The molecule has 2 atom stereocenters. The molecule has 2 unspecified atom stereocenters. The van der Waals surface area contributed by atoms with Crippen LogP contribution in [-0.4, -0.2) is 48.3 Å². The van der Waals surface area contributed by atoms with Crippen molar-refractivity contribution >= 4 is 0 Å². The molecule has 19 heavy (non-hydrogen) atoms. The van der Waals surface area contributed by atoms with Crippen molar-refractivity contribution in [3.63, 3.8) is 0 Å². The Labute approximate surface area is 118 Å². The van der Waals surface area contributed by atoms with Crippen molar-refractivity contribution in [2.75, 3.05) is 26.2 Å². The molecular weight excluding hydrogens is 236 g/mol. The summed E-state index contributed by atoms with van der Waals surface area (Å²) in [6.45, 7) is 8.47. The smallest absolute Gasteiger partial charge is 0.0586 e. The summed E-state index contributed by atoms with van der Waals surface area (Å²) in [7, 11) is 0. The Morgan fingerprint density at radius 2 is 2.00 bits per heavy atom. The minimum atomic E-state index is 0.329. The largest absolute Gasteiger partial charge is 0.395 e. The maximum Gasteiger partial charge on any atom is 0.0586 e. The lowest BCUT2D eigenvalue weighted by atomic mass is 9.86. The molecule has 2 rings (SSSR count). The Kier molecular flexibility index (Phi) is 5.67. The first-order valence-corrected chi connectivity index (χ1v) is 8.25. The lowest BCUT2D eigenvalue weighted by Crippen LogP contribution is -2.47. The quantitative estimate of drug-likeness (QED) is 0.744. The maximum atomic E-state index is 9.63. The van der Waals surface area contributed by atoms with Gasteiger partial charge in [-0.2, -0.15) is 0 Å². The third kappa shape index (κ3) is 4.73. The van der Waals surface area contributed by atoms with Gasteiger partial charge in [-0.25, -0.2) is 0 Å². The van der Waals surface area contributed by atoms with Crippen molar-refractivity contribution in [2.45, 2.75) is 70.9 Å². The summed E-state index contributed by atoms with van der Waals surface area (Å²) < 4.78 is 0. The highest BCUT2D eigenvalue weighted by Gasteiger charge is 2.31. The van der Waals surface area contributed by atoms with Gasteiger partial charge in [0.15, 0.2) is 0 Å². The zero-order valence-electron chi connectivity index (χ0n) is 12.8. The predicted octanol–water partition coefficient (Wildman–Crippen LogP) is 2.39. The Morgan fingerprint density at radius 1 is 1.21 bits per heavy atom. The normalized spacial score (nSPS) is 28.9. The molecule has 2 N–H and O–H groups in total. The molecule has 3 nitrogen and oxygen atoms in total. The van der Waals surface area contributed by atoms with E-state index in [1.807, 2.05) is 0 Å². The van der Waals surface area contributed by atoms with Crippen LogP contribution in [0.25, 0.3) is 0 Å². The molecule has 0 bridgehead atoms. The first-order chi connectivity index (χ1) is 9.17. The second-order valence-electron chi connectivity index (χ2n) is 6.98.